The second-order valence-corrected chi connectivity index (χ2v) is 8.64. The van der Waals surface area contributed by atoms with Gasteiger partial charge in [-0.15, -0.1) is 0 Å². The van der Waals surface area contributed by atoms with Crippen LogP contribution in [0.2, 0.25) is 0 Å². The summed E-state index contributed by atoms with van der Waals surface area (Å²) in [5.74, 6) is 0.692. The molecule has 4 rings (SSSR count). The highest BCUT2D eigenvalue weighted by Gasteiger charge is 2.31. The van der Waals surface area contributed by atoms with E-state index in [1.807, 2.05) is 41.1 Å². The fourth-order valence-electron chi connectivity index (χ4n) is 4.67. The molecule has 2 aromatic heterocycles. The Kier molecular flexibility index (Phi) is 7.40. The number of amides is 1. The lowest BCUT2D eigenvalue weighted by Crippen LogP contribution is -2.43. The molecule has 174 valence electrons. The second kappa shape index (κ2) is 10.6. The van der Waals surface area contributed by atoms with Crippen molar-refractivity contribution in [1.29, 1.82) is 0 Å². The summed E-state index contributed by atoms with van der Waals surface area (Å²) in [5, 5.41) is 7.88. The molecule has 1 saturated heterocycles. The quantitative estimate of drug-likeness (QED) is 0.565. The third kappa shape index (κ3) is 5.42. The lowest BCUT2D eigenvalue weighted by molar-refractivity contribution is 0.0872. The summed E-state index contributed by atoms with van der Waals surface area (Å²) in [6, 6.07) is 13.0. The molecule has 1 N–H and O–H groups in total. The maximum Gasteiger partial charge on any atom is 0.255 e. The highest BCUT2D eigenvalue weighted by Crippen LogP contribution is 2.31. The third-order valence-corrected chi connectivity index (χ3v) is 6.42. The highest BCUT2D eigenvalue weighted by molar-refractivity contribution is 5.97. The van der Waals surface area contributed by atoms with E-state index in [0.29, 0.717) is 11.3 Å². The van der Waals surface area contributed by atoms with Crippen LogP contribution in [0.1, 0.15) is 53.1 Å². The zero-order valence-corrected chi connectivity index (χ0v) is 19.7. The van der Waals surface area contributed by atoms with Gasteiger partial charge in [0.15, 0.2) is 0 Å². The van der Waals surface area contributed by atoms with E-state index in [1.54, 1.807) is 19.4 Å². The van der Waals surface area contributed by atoms with Gasteiger partial charge in [-0.25, -0.2) is 0 Å². The number of piperidine rings is 1. The first-order chi connectivity index (χ1) is 16.1. The summed E-state index contributed by atoms with van der Waals surface area (Å²) in [7, 11) is 1.59. The fraction of sp³-hybridized carbons (Fsp3) is 0.423. The molecule has 7 heteroatoms. The largest absolute Gasteiger partial charge is 0.496 e. The van der Waals surface area contributed by atoms with Crippen LogP contribution >= 0.6 is 0 Å². The molecular formula is C26H33N5O2. The average Bonchev–Trinajstić information content (AvgIpc) is 3.22. The Morgan fingerprint density at radius 3 is 2.79 bits per heavy atom. The van der Waals surface area contributed by atoms with Crippen molar-refractivity contribution in [2.24, 2.45) is 5.92 Å². The summed E-state index contributed by atoms with van der Waals surface area (Å²) in [5.41, 5.74) is 3.79. The molecule has 1 aromatic carbocycles. The Morgan fingerprint density at radius 1 is 1.24 bits per heavy atom. The lowest BCUT2D eigenvalue weighted by atomic mass is 9.88. The van der Waals surface area contributed by atoms with E-state index >= 15 is 0 Å². The summed E-state index contributed by atoms with van der Waals surface area (Å²) < 4.78 is 7.41. The molecule has 0 radical (unpaired) electrons. The van der Waals surface area contributed by atoms with Crippen LogP contribution in [0.15, 0.2) is 54.9 Å². The van der Waals surface area contributed by atoms with Crippen LogP contribution in [0, 0.1) is 12.8 Å². The Bertz CT molecular complexity index is 1070. The molecule has 1 amide bonds. The molecule has 1 aliphatic heterocycles. The van der Waals surface area contributed by atoms with Gasteiger partial charge in [-0.3, -0.25) is 19.4 Å². The maximum atomic E-state index is 13.3. The van der Waals surface area contributed by atoms with Crippen molar-refractivity contribution >= 4 is 5.91 Å². The SMILES string of the molecule is CCn1cc(CN2CCC[C@@H]([C@H](NC(=O)c3ccccc3OC)c3ccccn3)C2)c(C)n1. The normalized spacial score (nSPS) is 17.5. The molecule has 0 spiro atoms. The lowest BCUT2D eigenvalue weighted by Gasteiger charge is -2.37. The second-order valence-electron chi connectivity index (χ2n) is 8.64. The molecule has 2 atom stereocenters. The summed E-state index contributed by atoms with van der Waals surface area (Å²) in [6.45, 7) is 7.87. The minimum atomic E-state index is -0.175. The van der Waals surface area contributed by atoms with Crippen LogP contribution < -0.4 is 10.1 Å². The van der Waals surface area contributed by atoms with Crippen molar-refractivity contribution in [3.05, 3.63) is 77.4 Å². The first-order valence-corrected chi connectivity index (χ1v) is 11.7. The first-order valence-electron chi connectivity index (χ1n) is 11.7. The molecule has 33 heavy (non-hydrogen) atoms. The number of nitrogens with one attached hydrogen (secondary N) is 1. The minimum absolute atomic E-state index is 0.139. The van der Waals surface area contributed by atoms with Crippen molar-refractivity contribution in [2.45, 2.75) is 45.8 Å². The Hall–Kier alpha value is -3.19. The predicted octanol–water partition coefficient (Wildman–Crippen LogP) is 4.00. The standard InChI is InChI=1S/C26H33N5O2/c1-4-31-18-21(19(2)29-31)17-30-15-9-10-20(16-30)25(23-12-7-8-14-27-23)28-26(32)22-11-5-6-13-24(22)33-3/h5-8,11-14,18,20,25H,4,9-10,15-17H2,1-3H3,(H,28,32)/t20-,25+/m1/s1. The zero-order valence-electron chi connectivity index (χ0n) is 19.7. The molecule has 0 aliphatic carbocycles. The number of carbonyl (C=O) groups is 1. The Balaban J connectivity index is 1.54. The number of benzene rings is 1. The third-order valence-electron chi connectivity index (χ3n) is 6.42. The summed E-state index contributed by atoms with van der Waals surface area (Å²) in [4.78, 5) is 20.3. The van der Waals surface area contributed by atoms with Crippen molar-refractivity contribution in [3.63, 3.8) is 0 Å². The number of para-hydroxylation sites is 1. The number of nitrogens with zero attached hydrogens (tertiary/aromatic N) is 4. The van der Waals surface area contributed by atoms with Crippen LogP contribution in [0.4, 0.5) is 0 Å². The molecule has 3 heterocycles. The van der Waals surface area contributed by atoms with Gasteiger partial charge in [-0.2, -0.15) is 5.10 Å². The van der Waals surface area contributed by atoms with E-state index in [1.165, 1.54) is 5.56 Å². The van der Waals surface area contributed by atoms with Gasteiger partial charge in [0.2, 0.25) is 0 Å². The van der Waals surface area contributed by atoms with Crippen LogP contribution in [-0.2, 0) is 13.1 Å². The van der Waals surface area contributed by atoms with Crippen molar-refractivity contribution in [2.75, 3.05) is 20.2 Å². The molecule has 1 fully saturated rings. The first kappa shape index (κ1) is 23.0. The number of pyridine rings is 1. The summed E-state index contributed by atoms with van der Waals surface area (Å²) in [6.07, 6.45) is 6.07. The van der Waals surface area contributed by atoms with Gasteiger partial charge >= 0.3 is 0 Å². The van der Waals surface area contributed by atoms with Crippen LogP contribution in [0.5, 0.6) is 5.75 Å². The Morgan fingerprint density at radius 2 is 2.06 bits per heavy atom. The average molecular weight is 448 g/mol. The number of methoxy groups -OCH3 is 1. The van der Waals surface area contributed by atoms with E-state index in [4.69, 9.17) is 4.74 Å². The van der Waals surface area contributed by atoms with Gasteiger partial charge in [0.1, 0.15) is 5.75 Å². The van der Waals surface area contributed by atoms with Crippen LogP contribution in [0.25, 0.3) is 0 Å². The zero-order chi connectivity index (χ0) is 23.2. The van der Waals surface area contributed by atoms with Crippen LogP contribution in [-0.4, -0.2) is 45.8 Å². The molecular weight excluding hydrogens is 414 g/mol. The monoisotopic (exact) mass is 447 g/mol. The predicted molar refractivity (Wildman–Crippen MR) is 128 cm³/mol. The maximum absolute atomic E-state index is 13.3. The number of hydrogen-bond acceptors (Lipinski definition) is 5. The van der Waals surface area contributed by atoms with E-state index < -0.39 is 0 Å². The smallest absolute Gasteiger partial charge is 0.255 e. The number of likely N-dealkylation sites (tertiary alicyclic amines) is 1. The molecule has 0 unspecified atom stereocenters. The van der Waals surface area contributed by atoms with Gasteiger partial charge in [0.05, 0.1) is 30.1 Å². The number of aromatic nitrogens is 3. The van der Waals surface area contributed by atoms with Crippen molar-refractivity contribution in [1.82, 2.24) is 25.0 Å². The topological polar surface area (TPSA) is 72.3 Å². The highest BCUT2D eigenvalue weighted by atomic mass is 16.5. The number of aryl methyl sites for hydroxylation is 2. The van der Waals surface area contributed by atoms with Gasteiger partial charge in [0, 0.05) is 37.6 Å². The number of carbonyl (C=O) groups excluding carboxylic acids is 1. The Labute approximate surface area is 195 Å². The van der Waals surface area contributed by atoms with Gasteiger partial charge in [0.25, 0.3) is 5.91 Å². The van der Waals surface area contributed by atoms with Crippen molar-refractivity contribution in [3.8, 4) is 5.75 Å². The molecule has 0 saturated carbocycles. The summed E-state index contributed by atoms with van der Waals surface area (Å²) >= 11 is 0. The minimum Gasteiger partial charge on any atom is -0.496 e. The number of hydrogen-bond donors (Lipinski definition) is 1. The van der Waals surface area contributed by atoms with E-state index in [-0.39, 0.29) is 17.9 Å². The van der Waals surface area contributed by atoms with Gasteiger partial charge in [-0.1, -0.05) is 18.2 Å². The molecule has 0 bridgehead atoms. The number of rotatable bonds is 8. The van der Waals surface area contributed by atoms with Gasteiger partial charge < -0.3 is 10.1 Å². The molecule has 3 aromatic rings. The van der Waals surface area contributed by atoms with E-state index in [0.717, 1.165) is 50.4 Å². The van der Waals surface area contributed by atoms with E-state index in [9.17, 15) is 4.79 Å². The van der Waals surface area contributed by atoms with Crippen molar-refractivity contribution < 1.29 is 9.53 Å². The number of ether oxygens (including phenoxy) is 1. The fourth-order valence-corrected chi connectivity index (χ4v) is 4.67. The van der Waals surface area contributed by atoms with Gasteiger partial charge in [-0.05, 0) is 63.4 Å². The molecule has 7 nitrogen and oxygen atoms in total. The van der Waals surface area contributed by atoms with Crippen LogP contribution in [0.3, 0.4) is 0 Å². The molecule has 1 aliphatic rings. The van der Waals surface area contributed by atoms with E-state index in [2.05, 4.69) is 40.3 Å².